The number of rotatable bonds is 6. The number of carbonyl (C=O) groups is 2. The van der Waals surface area contributed by atoms with Gasteiger partial charge >= 0.3 is 5.97 Å². The van der Waals surface area contributed by atoms with Crippen molar-refractivity contribution in [2.24, 2.45) is 5.73 Å². The molecule has 1 aromatic rings. The Morgan fingerprint density at radius 3 is 2.45 bits per heavy atom. The third-order valence-corrected chi connectivity index (χ3v) is 3.87. The van der Waals surface area contributed by atoms with E-state index in [1.54, 1.807) is 0 Å². The molecule has 1 atom stereocenters. The molecule has 1 fully saturated rings. The maximum atomic E-state index is 12.0. The van der Waals surface area contributed by atoms with E-state index in [-0.39, 0.29) is 5.91 Å². The van der Waals surface area contributed by atoms with Crippen LogP contribution in [0.25, 0.3) is 0 Å². The van der Waals surface area contributed by atoms with Gasteiger partial charge in [0.1, 0.15) is 6.04 Å². The molecule has 1 saturated carbocycles. The number of hydrogen-bond acceptors (Lipinski definition) is 3. The maximum Gasteiger partial charge on any atom is 0.326 e. The molecular formula is C15H20N2O3. The molecule has 1 amide bonds. The normalized spacial score (nSPS) is 17.9. The van der Waals surface area contributed by atoms with Crippen LogP contribution in [-0.4, -0.2) is 28.6 Å². The number of aryl methyl sites for hydroxylation is 1. The van der Waals surface area contributed by atoms with Gasteiger partial charge in [0.2, 0.25) is 5.91 Å². The van der Waals surface area contributed by atoms with Gasteiger partial charge in [-0.1, -0.05) is 30.3 Å². The van der Waals surface area contributed by atoms with Crippen molar-refractivity contribution in [1.82, 2.24) is 5.32 Å². The van der Waals surface area contributed by atoms with Crippen molar-refractivity contribution in [3.8, 4) is 0 Å². The number of amides is 1. The number of benzene rings is 1. The molecular weight excluding hydrogens is 256 g/mol. The van der Waals surface area contributed by atoms with E-state index in [4.69, 9.17) is 5.73 Å². The van der Waals surface area contributed by atoms with E-state index in [1.807, 2.05) is 30.3 Å². The van der Waals surface area contributed by atoms with Crippen molar-refractivity contribution in [3.05, 3.63) is 35.9 Å². The van der Waals surface area contributed by atoms with Crippen LogP contribution in [-0.2, 0) is 16.0 Å². The van der Waals surface area contributed by atoms with E-state index < -0.39 is 17.6 Å². The van der Waals surface area contributed by atoms with Crippen LogP contribution in [0.4, 0.5) is 0 Å². The summed E-state index contributed by atoms with van der Waals surface area (Å²) in [6, 6.07) is 8.73. The molecule has 1 aromatic carbocycles. The first-order chi connectivity index (χ1) is 9.51. The van der Waals surface area contributed by atoms with Crippen LogP contribution >= 0.6 is 0 Å². The number of hydrogen-bond donors (Lipinski definition) is 3. The number of aliphatic carboxylic acids is 1. The number of nitrogens with two attached hydrogens (primary N) is 1. The zero-order valence-corrected chi connectivity index (χ0v) is 11.3. The average molecular weight is 276 g/mol. The largest absolute Gasteiger partial charge is 0.480 e. The van der Waals surface area contributed by atoms with Crippen LogP contribution in [0.2, 0.25) is 0 Å². The average Bonchev–Trinajstić information content (AvgIpc) is 2.41. The highest BCUT2D eigenvalue weighted by molar-refractivity contribution is 5.90. The maximum absolute atomic E-state index is 12.0. The van der Waals surface area contributed by atoms with Crippen molar-refractivity contribution in [3.63, 3.8) is 0 Å². The topological polar surface area (TPSA) is 92.4 Å². The monoisotopic (exact) mass is 276 g/mol. The fraction of sp³-hybridized carbons (Fsp3) is 0.467. The van der Waals surface area contributed by atoms with Gasteiger partial charge in [0.15, 0.2) is 0 Å². The van der Waals surface area contributed by atoms with Crippen molar-refractivity contribution in [2.75, 3.05) is 0 Å². The summed E-state index contributed by atoms with van der Waals surface area (Å²) in [5.41, 5.74) is 6.09. The molecule has 0 spiro atoms. The molecule has 0 aliphatic heterocycles. The van der Waals surface area contributed by atoms with Crippen LogP contribution in [0.5, 0.6) is 0 Å². The Morgan fingerprint density at radius 1 is 1.30 bits per heavy atom. The molecule has 1 aliphatic carbocycles. The van der Waals surface area contributed by atoms with Crippen LogP contribution in [0, 0.1) is 0 Å². The van der Waals surface area contributed by atoms with Gasteiger partial charge in [-0.25, -0.2) is 4.79 Å². The quantitative estimate of drug-likeness (QED) is 0.724. The van der Waals surface area contributed by atoms with Crippen molar-refractivity contribution < 1.29 is 14.7 Å². The lowest BCUT2D eigenvalue weighted by atomic mass is 9.77. The van der Waals surface area contributed by atoms with E-state index in [1.165, 1.54) is 0 Å². The molecule has 108 valence electrons. The highest BCUT2D eigenvalue weighted by atomic mass is 16.4. The zero-order valence-electron chi connectivity index (χ0n) is 11.3. The number of carboxylic acids is 1. The van der Waals surface area contributed by atoms with Crippen molar-refractivity contribution in [1.29, 1.82) is 0 Å². The minimum absolute atomic E-state index is 0.343. The van der Waals surface area contributed by atoms with Crippen molar-refractivity contribution in [2.45, 2.75) is 43.7 Å². The summed E-state index contributed by atoms with van der Waals surface area (Å²) >= 11 is 0. The fourth-order valence-corrected chi connectivity index (χ4v) is 2.30. The molecule has 0 heterocycles. The van der Waals surface area contributed by atoms with Gasteiger partial charge in [-0.15, -0.1) is 0 Å². The second kappa shape index (κ2) is 6.05. The van der Waals surface area contributed by atoms with Gasteiger partial charge in [0.25, 0.3) is 0 Å². The van der Waals surface area contributed by atoms with Crippen LogP contribution < -0.4 is 11.1 Å². The molecule has 0 bridgehead atoms. The summed E-state index contributed by atoms with van der Waals surface area (Å²) in [7, 11) is 0. The molecule has 5 nitrogen and oxygen atoms in total. The van der Waals surface area contributed by atoms with Gasteiger partial charge in [0, 0.05) is 0 Å². The Morgan fingerprint density at radius 2 is 1.95 bits per heavy atom. The first-order valence-electron chi connectivity index (χ1n) is 6.88. The predicted molar refractivity (Wildman–Crippen MR) is 75.1 cm³/mol. The predicted octanol–water partition coefficient (Wildman–Crippen LogP) is 1.07. The Hall–Kier alpha value is -1.88. The Labute approximate surface area is 118 Å². The van der Waals surface area contributed by atoms with Crippen LogP contribution in [0.15, 0.2) is 30.3 Å². The number of carbonyl (C=O) groups excluding carboxylic acids is 1. The van der Waals surface area contributed by atoms with Crippen LogP contribution in [0.1, 0.15) is 31.2 Å². The smallest absolute Gasteiger partial charge is 0.326 e. The van der Waals surface area contributed by atoms with E-state index in [0.29, 0.717) is 25.7 Å². The molecule has 20 heavy (non-hydrogen) atoms. The second-order valence-electron chi connectivity index (χ2n) is 5.40. The van der Waals surface area contributed by atoms with E-state index in [0.717, 1.165) is 12.0 Å². The summed E-state index contributed by atoms with van der Waals surface area (Å²) in [5.74, 6) is -1.36. The first-order valence-corrected chi connectivity index (χ1v) is 6.88. The highest BCUT2D eigenvalue weighted by Gasteiger charge is 2.41. The molecule has 0 saturated heterocycles. The second-order valence-corrected chi connectivity index (χ2v) is 5.40. The summed E-state index contributed by atoms with van der Waals surface area (Å²) in [6.45, 7) is 0. The highest BCUT2D eigenvalue weighted by Crippen LogP contribution is 2.29. The van der Waals surface area contributed by atoms with Crippen molar-refractivity contribution >= 4 is 11.9 Å². The van der Waals surface area contributed by atoms with Gasteiger partial charge in [-0.2, -0.15) is 0 Å². The zero-order chi connectivity index (χ0) is 14.6. The summed E-state index contributed by atoms with van der Waals surface area (Å²) in [5, 5.41) is 11.8. The molecule has 2 rings (SSSR count). The van der Waals surface area contributed by atoms with Gasteiger partial charge in [-0.05, 0) is 37.7 Å². The minimum atomic E-state index is -1.02. The summed E-state index contributed by atoms with van der Waals surface area (Å²) in [6.07, 6.45) is 3.15. The molecule has 1 unspecified atom stereocenters. The van der Waals surface area contributed by atoms with E-state index >= 15 is 0 Å². The summed E-state index contributed by atoms with van der Waals surface area (Å²) in [4.78, 5) is 23.2. The fourth-order valence-electron chi connectivity index (χ4n) is 2.30. The molecule has 4 N–H and O–H groups in total. The SMILES string of the molecule is NC1(C(=O)NC(CCc2ccccc2)C(=O)O)CCC1. The third-order valence-electron chi connectivity index (χ3n) is 3.87. The molecule has 0 aromatic heterocycles. The Kier molecular flexibility index (Phi) is 4.39. The van der Waals surface area contributed by atoms with E-state index in [9.17, 15) is 14.7 Å². The lowest BCUT2D eigenvalue weighted by Gasteiger charge is -2.37. The van der Waals surface area contributed by atoms with Gasteiger partial charge in [-0.3, -0.25) is 4.79 Å². The lowest BCUT2D eigenvalue weighted by molar-refractivity contribution is -0.143. The molecule has 0 radical (unpaired) electrons. The third kappa shape index (κ3) is 3.36. The minimum Gasteiger partial charge on any atom is -0.480 e. The number of carboxylic acid groups (broad SMARTS) is 1. The van der Waals surface area contributed by atoms with E-state index in [2.05, 4.69) is 5.32 Å². The molecule has 5 heteroatoms. The Bertz CT molecular complexity index is 483. The first kappa shape index (κ1) is 14.5. The number of nitrogens with one attached hydrogen (secondary N) is 1. The van der Waals surface area contributed by atoms with Crippen LogP contribution in [0.3, 0.4) is 0 Å². The summed E-state index contributed by atoms with van der Waals surface area (Å²) < 4.78 is 0. The van der Waals surface area contributed by atoms with Gasteiger partial charge < -0.3 is 16.2 Å². The Balaban J connectivity index is 1.90. The van der Waals surface area contributed by atoms with Gasteiger partial charge in [0.05, 0.1) is 5.54 Å². The standard InChI is InChI=1S/C15H20N2O3/c16-15(9-4-10-15)14(20)17-12(13(18)19)8-7-11-5-2-1-3-6-11/h1-3,5-6,12H,4,7-10,16H2,(H,17,20)(H,18,19). The lowest BCUT2D eigenvalue weighted by Crippen LogP contribution is -2.61. The molecule has 1 aliphatic rings.